The minimum Gasteiger partial charge on any atom is -0.508 e. The summed E-state index contributed by atoms with van der Waals surface area (Å²) >= 11 is 0. The van der Waals surface area contributed by atoms with Crippen LogP contribution in [0.1, 0.15) is 110 Å². The number of phenolic OH excluding ortho intramolecular Hbond substituents is 2. The summed E-state index contributed by atoms with van der Waals surface area (Å²) in [4.78, 5) is 15.1. The molecule has 1 saturated heterocycles. The topological polar surface area (TPSA) is 209 Å². The Labute approximate surface area is 347 Å². The van der Waals surface area contributed by atoms with Gasteiger partial charge in [0.05, 0.1) is 29.5 Å². The summed E-state index contributed by atoms with van der Waals surface area (Å²) in [6, 6.07) is 4.23. The van der Waals surface area contributed by atoms with Crippen LogP contribution in [-0.2, 0) is 14.3 Å². The number of allylic oxidation sites excluding steroid dienone is 2. The van der Waals surface area contributed by atoms with E-state index in [2.05, 4.69) is 32.2 Å². The van der Waals surface area contributed by atoms with Crippen LogP contribution in [-0.4, -0.2) is 120 Å². The van der Waals surface area contributed by atoms with Crippen molar-refractivity contribution in [1.82, 2.24) is 5.32 Å². The fourth-order valence-corrected chi connectivity index (χ4v) is 16.0. The van der Waals surface area contributed by atoms with Crippen LogP contribution < -0.4 is 5.32 Å². The maximum Gasteiger partial charge on any atom is 0.160 e. The van der Waals surface area contributed by atoms with Gasteiger partial charge in [0.1, 0.15) is 22.7 Å². The van der Waals surface area contributed by atoms with Gasteiger partial charge in [0.25, 0.3) is 0 Å². The number of carbonyl (C=O) groups excluding carboxylic acids is 1. The molecular formula is C47H67NO11. The lowest BCUT2D eigenvalue weighted by atomic mass is 9.38. The standard InChI is InChI=1S/C47H67NO11/c1-6-48-25-28-22-40(3)9-8-31(28)47(39(54)26(40)2)45(56,14-16-50)38-33(59-47)23-46(57)34-21-32(53)37-36(27-18-29(51)20-30(52)19-27)44(55)13-12-43(34,11-10-41(38,46)4)42(37,5)24-35(44)58-17-7-15-49/h18-22,26,31,33,35-39,48-52,54-57H,6-17,23-25H2,1-5H3/t26-,31+,33+,35+,36-,37+,38-,39+,40+,41-,42+,43-,44+,45-,46+,47+/m1/s1. The van der Waals surface area contributed by atoms with Crippen LogP contribution in [0, 0.1) is 45.3 Å². The maximum absolute atomic E-state index is 15.1. The van der Waals surface area contributed by atoms with Gasteiger partial charge in [-0.15, -0.1) is 0 Å². The molecular weight excluding hydrogens is 755 g/mol. The normalized spacial score (nSPS) is 50.5. The van der Waals surface area contributed by atoms with Crippen molar-refractivity contribution in [3.05, 3.63) is 47.1 Å². The van der Waals surface area contributed by atoms with Crippen molar-refractivity contribution in [2.45, 2.75) is 145 Å². The van der Waals surface area contributed by atoms with Crippen molar-refractivity contribution < 1.29 is 55.1 Å². The Morgan fingerprint density at radius 1 is 0.915 bits per heavy atom. The number of fused-ring (bicyclic) bond motifs is 8. The zero-order valence-corrected chi connectivity index (χ0v) is 35.4. The van der Waals surface area contributed by atoms with Crippen LogP contribution in [0.15, 0.2) is 41.5 Å². The second kappa shape index (κ2) is 13.6. The number of benzene rings is 1. The highest BCUT2D eigenvalue weighted by molar-refractivity contribution is 5.96. The minimum absolute atomic E-state index is 0.0490. The summed E-state index contributed by atoms with van der Waals surface area (Å²) in [7, 11) is 0. The first-order chi connectivity index (χ1) is 27.8. The van der Waals surface area contributed by atoms with Gasteiger partial charge in [0.2, 0.25) is 0 Å². The second-order valence-corrected chi connectivity index (χ2v) is 21.0. The molecule has 12 heteroatoms. The molecule has 1 aromatic rings. The molecule has 0 amide bonds. The molecule has 1 aliphatic heterocycles. The molecule has 6 saturated carbocycles. The van der Waals surface area contributed by atoms with Gasteiger partial charge >= 0.3 is 0 Å². The molecule has 10 aliphatic rings. The third kappa shape index (κ3) is 5.07. The number of phenols is 2. The lowest BCUT2D eigenvalue weighted by Crippen LogP contribution is -2.71. The van der Waals surface area contributed by atoms with Crippen molar-refractivity contribution in [3.63, 3.8) is 0 Å². The summed E-state index contributed by atoms with van der Waals surface area (Å²) in [6.07, 6.45) is 5.28. The first-order valence-corrected chi connectivity index (χ1v) is 22.4. The van der Waals surface area contributed by atoms with Gasteiger partial charge < -0.3 is 55.6 Å². The summed E-state index contributed by atoms with van der Waals surface area (Å²) < 4.78 is 13.8. The second-order valence-electron chi connectivity index (χ2n) is 21.0. The van der Waals surface area contributed by atoms with E-state index in [1.165, 1.54) is 18.2 Å². The summed E-state index contributed by atoms with van der Waals surface area (Å²) in [5.74, 6) is -3.55. The van der Waals surface area contributed by atoms with Gasteiger partial charge in [-0.05, 0) is 104 Å². The molecule has 2 spiro atoms. The molecule has 7 fully saturated rings. The van der Waals surface area contributed by atoms with Crippen LogP contribution in [0.4, 0.5) is 0 Å². The van der Waals surface area contributed by atoms with E-state index in [-0.39, 0.29) is 73.6 Å². The predicted octanol–water partition coefficient (Wildman–Crippen LogP) is 3.76. The number of ketones is 1. The van der Waals surface area contributed by atoms with Crippen molar-refractivity contribution >= 4 is 5.78 Å². The Bertz CT molecular complexity index is 1930. The van der Waals surface area contributed by atoms with Gasteiger partial charge in [-0.2, -0.15) is 0 Å². The smallest absolute Gasteiger partial charge is 0.160 e. The Balaban J connectivity index is 1.18. The fraction of sp³-hybridized carbons (Fsp3) is 0.766. The van der Waals surface area contributed by atoms with Crippen LogP contribution in [0.2, 0.25) is 0 Å². The Morgan fingerprint density at radius 3 is 2.31 bits per heavy atom. The number of rotatable bonds is 10. The van der Waals surface area contributed by atoms with E-state index in [1.54, 1.807) is 6.08 Å². The lowest BCUT2D eigenvalue weighted by molar-refractivity contribution is -0.248. The zero-order chi connectivity index (χ0) is 42.3. The molecule has 0 unspecified atom stereocenters. The molecule has 9 N–H and O–H groups in total. The van der Waals surface area contributed by atoms with Crippen molar-refractivity contribution in [1.29, 1.82) is 0 Å². The van der Waals surface area contributed by atoms with Crippen molar-refractivity contribution in [3.8, 4) is 11.5 Å². The van der Waals surface area contributed by atoms with E-state index in [0.717, 1.165) is 18.5 Å². The molecule has 16 atom stereocenters. The molecule has 11 rings (SSSR count). The van der Waals surface area contributed by atoms with Gasteiger partial charge in [0, 0.05) is 79.8 Å². The molecule has 0 radical (unpaired) electrons. The predicted molar refractivity (Wildman–Crippen MR) is 217 cm³/mol. The maximum atomic E-state index is 15.1. The average Bonchev–Trinajstić information content (AvgIpc) is 3.45. The minimum atomic E-state index is -1.74. The third-order valence-electron chi connectivity index (χ3n) is 18.8. The first kappa shape index (κ1) is 41.9. The van der Waals surface area contributed by atoms with E-state index in [9.17, 15) is 40.9 Å². The molecule has 6 bridgehead atoms. The number of nitrogens with one attached hydrogen (secondary N) is 1. The highest BCUT2D eigenvalue weighted by Gasteiger charge is 2.84. The fourth-order valence-electron chi connectivity index (χ4n) is 16.0. The summed E-state index contributed by atoms with van der Waals surface area (Å²) in [5, 5.41) is 98.6. The van der Waals surface area contributed by atoms with Gasteiger partial charge in [-0.3, -0.25) is 4.79 Å². The van der Waals surface area contributed by atoms with Crippen LogP contribution in [0.3, 0.4) is 0 Å². The number of hydrogen-bond acceptors (Lipinski definition) is 12. The van der Waals surface area contributed by atoms with E-state index in [1.807, 2.05) is 13.8 Å². The Hall–Kier alpha value is -2.39. The van der Waals surface area contributed by atoms with Crippen LogP contribution in [0.5, 0.6) is 11.5 Å². The molecule has 326 valence electrons. The average molecular weight is 822 g/mol. The number of aliphatic hydroxyl groups excluding tert-OH is 3. The number of carbonyl (C=O) groups is 1. The summed E-state index contributed by atoms with van der Waals surface area (Å²) in [5.41, 5.74) is -7.28. The number of aromatic hydroxyl groups is 2. The monoisotopic (exact) mass is 821 g/mol. The number of likely N-dealkylation sites (N-methyl/N-ethyl adjacent to an activating group) is 1. The lowest BCUT2D eigenvalue weighted by Gasteiger charge is -2.67. The van der Waals surface area contributed by atoms with Crippen molar-refractivity contribution in [2.24, 2.45) is 45.3 Å². The molecule has 9 aliphatic carbocycles. The number of hydrogen-bond donors (Lipinski definition) is 9. The van der Waals surface area contributed by atoms with E-state index in [0.29, 0.717) is 56.2 Å². The van der Waals surface area contributed by atoms with E-state index >= 15 is 4.79 Å². The van der Waals surface area contributed by atoms with E-state index in [4.69, 9.17) is 9.47 Å². The van der Waals surface area contributed by atoms with Crippen LogP contribution in [0.25, 0.3) is 0 Å². The first-order valence-electron chi connectivity index (χ1n) is 22.4. The number of ether oxygens (including phenoxy) is 2. The summed E-state index contributed by atoms with van der Waals surface area (Å²) in [6.45, 7) is 11.5. The number of aliphatic hydroxyl groups is 6. The van der Waals surface area contributed by atoms with Gasteiger partial charge in [-0.1, -0.05) is 46.3 Å². The highest BCUT2D eigenvalue weighted by atomic mass is 16.6. The van der Waals surface area contributed by atoms with Gasteiger partial charge in [0.15, 0.2) is 5.78 Å². The Kier molecular flexibility index (Phi) is 9.64. The molecule has 0 aromatic heterocycles. The third-order valence-corrected chi connectivity index (χ3v) is 18.8. The molecule has 1 heterocycles. The molecule has 12 nitrogen and oxygen atoms in total. The SMILES string of the molecule is CCNCC1=C[C@]2(C)CC[C@@H]1[C@]1(O[C@H]3C[C@]4(O)C5=CC(=O)[C@H]6[C@@H](c7cc(O)cc(O)c7)[C@]7(O)CC[C@@]5(CC[C@]4(C)[C@@H]3[C@]1(O)CCO)[C@@]6(C)C[C@@H]7OCCCO)[C@@H](O)[C@H]2C. The van der Waals surface area contributed by atoms with Gasteiger partial charge in [-0.25, -0.2) is 0 Å². The quantitative estimate of drug-likeness (QED) is 0.122. The highest BCUT2D eigenvalue weighted by Crippen LogP contribution is 2.80. The molecule has 59 heavy (non-hydrogen) atoms. The van der Waals surface area contributed by atoms with Crippen molar-refractivity contribution in [2.75, 3.05) is 32.9 Å². The van der Waals surface area contributed by atoms with E-state index < -0.39 is 74.7 Å². The van der Waals surface area contributed by atoms with Crippen LogP contribution >= 0.6 is 0 Å². The Morgan fingerprint density at radius 2 is 1.63 bits per heavy atom. The largest absolute Gasteiger partial charge is 0.508 e. The zero-order valence-electron chi connectivity index (χ0n) is 35.4. The molecule has 1 aromatic carbocycles.